The summed E-state index contributed by atoms with van der Waals surface area (Å²) in [4.78, 5) is 86.8. The number of methoxy groups -OCH3 is 2. The first-order valence-electron chi connectivity index (χ1n) is 20.1. The lowest BCUT2D eigenvalue weighted by atomic mass is 9.51. The molecule has 4 amide bonds. The standard InChI is InChI=1S/C44H40ClN7O11S/c1-19-25-12-20(45)8-11-33(25)64-39(19)28-18-34(48(5)46-28)50-41(55)27-17-26-23(37(44(27,2)43(50)57)36-31(62-6)15-22(53)16-32(36)63-7)9-10-24-35(26)42(56)49(40(24)54)21-13-29(51(58)59)38(47(3)4)30(14-21)52(60)61/h8-9,11-16,18,24,26-27,35,37,53H,10,17H2,1-7H3/t24-,26+,27-,35-,37+,44+/m0/s1. The summed E-state index contributed by atoms with van der Waals surface area (Å²) in [6.07, 6.45) is 1.73. The number of carbonyl (C=O) groups is 4. The molecule has 0 radical (unpaired) electrons. The van der Waals surface area contributed by atoms with Crippen molar-refractivity contribution in [3.63, 3.8) is 0 Å². The number of aryl methyl sites for hydroxylation is 2. The zero-order valence-corrected chi connectivity index (χ0v) is 37.0. The maximum atomic E-state index is 15.4. The van der Waals surface area contributed by atoms with E-state index >= 15 is 9.59 Å². The normalized spacial score (nSPS) is 23.9. The number of carbonyl (C=O) groups excluding carboxylic acids is 4. The van der Waals surface area contributed by atoms with Crippen LogP contribution in [0.3, 0.4) is 0 Å². The molecule has 64 heavy (non-hydrogen) atoms. The number of thiophene rings is 1. The fraction of sp³-hybridized carbons (Fsp3) is 0.341. The molecule has 1 saturated carbocycles. The van der Waals surface area contributed by atoms with Gasteiger partial charge in [0, 0.05) is 72.7 Å². The minimum Gasteiger partial charge on any atom is -0.508 e. The number of nitro groups is 2. The second-order valence-corrected chi connectivity index (χ2v) is 18.4. The summed E-state index contributed by atoms with van der Waals surface area (Å²) in [7, 11) is 7.21. The monoisotopic (exact) mass is 909 g/mol. The highest BCUT2D eigenvalue weighted by molar-refractivity contribution is 7.22. The highest BCUT2D eigenvalue weighted by Gasteiger charge is 2.69. The highest BCUT2D eigenvalue weighted by Crippen LogP contribution is 2.66. The zero-order chi connectivity index (χ0) is 46.0. The second-order valence-electron chi connectivity index (χ2n) is 16.9. The zero-order valence-electron chi connectivity index (χ0n) is 35.4. The molecule has 6 atom stereocenters. The van der Waals surface area contributed by atoms with Crippen LogP contribution in [0.1, 0.15) is 36.8 Å². The van der Waals surface area contributed by atoms with Gasteiger partial charge in [0.05, 0.1) is 57.8 Å². The number of fused-ring (bicyclic) bond motifs is 5. The van der Waals surface area contributed by atoms with Gasteiger partial charge < -0.3 is 19.5 Å². The van der Waals surface area contributed by atoms with E-state index in [1.165, 1.54) is 61.4 Å². The lowest BCUT2D eigenvalue weighted by Crippen LogP contribution is -2.49. The number of nitro benzene ring substituents is 2. The van der Waals surface area contributed by atoms with Crippen LogP contribution in [0.25, 0.3) is 20.7 Å². The molecule has 3 aromatic carbocycles. The summed E-state index contributed by atoms with van der Waals surface area (Å²) in [5.41, 5.74) is -1.23. The third kappa shape index (κ3) is 5.93. The van der Waals surface area contributed by atoms with E-state index in [9.17, 15) is 34.9 Å². The van der Waals surface area contributed by atoms with Crippen LogP contribution in [-0.4, -0.2) is 76.7 Å². The summed E-state index contributed by atoms with van der Waals surface area (Å²) in [5.74, 6) is -7.43. The van der Waals surface area contributed by atoms with Crippen LogP contribution in [0, 0.1) is 56.2 Å². The molecule has 2 aliphatic carbocycles. The first-order valence-corrected chi connectivity index (χ1v) is 21.3. The number of hydrogen-bond donors (Lipinski definition) is 1. The van der Waals surface area contributed by atoms with Gasteiger partial charge in [-0.25, -0.2) is 9.80 Å². The number of benzene rings is 3. The van der Waals surface area contributed by atoms with E-state index in [1.807, 2.05) is 19.1 Å². The molecule has 0 bridgehead atoms. The SMILES string of the molecule is COc1cc(O)cc(OC)c1[C@H]1C2=CC[C@@H]3C(=O)N(c4cc([N+](=O)[O-])c(N(C)C)c([N+](=O)[O-])c4)C(=O)[C@@H]3[C@@H]2C[C@H]2C(=O)N(c3cc(-c4sc5ccc(Cl)cc5c4C)nn3C)C(=O)[C@@]12C. The maximum absolute atomic E-state index is 15.4. The number of halogens is 1. The van der Waals surface area contributed by atoms with E-state index in [0.29, 0.717) is 21.9 Å². The maximum Gasteiger partial charge on any atom is 0.301 e. The summed E-state index contributed by atoms with van der Waals surface area (Å²) in [5, 5.41) is 41.6. The summed E-state index contributed by atoms with van der Waals surface area (Å²) in [6, 6.07) is 12.0. The van der Waals surface area contributed by atoms with E-state index in [4.69, 9.17) is 26.2 Å². The number of amides is 4. The molecule has 4 heterocycles. The number of phenols is 1. The fourth-order valence-corrected chi connectivity index (χ4v) is 12.0. The van der Waals surface area contributed by atoms with Crippen LogP contribution in [0.4, 0.5) is 28.6 Å². The summed E-state index contributed by atoms with van der Waals surface area (Å²) < 4.78 is 14.1. The Morgan fingerprint density at radius 1 is 0.922 bits per heavy atom. The number of phenolic OH excluding ortho intramolecular Hbond substituents is 1. The second kappa shape index (κ2) is 14.9. The van der Waals surface area contributed by atoms with E-state index in [1.54, 1.807) is 32.2 Å². The van der Waals surface area contributed by atoms with Gasteiger partial charge in [0.2, 0.25) is 23.6 Å². The quantitative estimate of drug-likeness (QED) is 0.0665. The highest BCUT2D eigenvalue weighted by atomic mass is 35.5. The molecule has 9 rings (SSSR count). The van der Waals surface area contributed by atoms with Crippen LogP contribution in [-0.2, 0) is 26.2 Å². The number of anilines is 3. The lowest BCUT2D eigenvalue weighted by molar-refractivity contribution is -0.392. The van der Waals surface area contributed by atoms with E-state index in [-0.39, 0.29) is 47.3 Å². The molecule has 20 heteroatoms. The van der Waals surface area contributed by atoms with Gasteiger partial charge in [0.25, 0.3) is 0 Å². The number of rotatable bonds is 9. The van der Waals surface area contributed by atoms with Gasteiger partial charge in [0.15, 0.2) is 5.69 Å². The molecule has 2 aliphatic heterocycles. The van der Waals surface area contributed by atoms with Crippen molar-refractivity contribution in [2.24, 2.45) is 36.1 Å². The first-order chi connectivity index (χ1) is 30.3. The number of aromatic hydroxyl groups is 1. The molecule has 1 N–H and O–H groups in total. The average molecular weight is 910 g/mol. The molecule has 2 saturated heterocycles. The molecule has 4 aliphatic rings. The average Bonchev–Trinajstić information content (AvgIpc) is 3.92. The first kappa shape index (κ1) is 42.4. The Bertz CT molecular complexity index is 2920. The van der Waals surface area contributed by atoms with Crippen molar-refractivity contribution in [1.82, 2.24) is 9.78 Å². The van der Waals surface area contributed by atoms with E-state index < -0.39 is 79.9 Å². The summed E-state index contributed by atoms with van der Waals surface area (Å²) in [6.45, 7) is 3.64. The number of hydrogen-bond acceptors (Lipinski definition) is 14. The number of imide groups is 2. The minimum absolute atomic E-state index is 0.00578. The molecule has 5 aromatic rings. The molecule has 2 aromatic heterocycles. The Hall–Kier alpha value is -6.86. The van der Waals surface area contributed by atoms with E-state index in [0.717, 1.165) is 42.5 Å². The van der Waals surface area contributed by atoms with Gasteiger partial charge in [-0.3, -0.25) is 44.1 Å². The van der Waals surface area contributed by atoms with Crippen molar-refractivity contribution in [3.8, 4) is 27.8 Å². The van der Waals surface area contributed by atoms with Crippen LogP contribution in [0.2, 0.25) is 5.02 Å². The Balaban J connectivity index is 1.19. The van der Waals surface area contributed by atoms with Gasteiger partial charge >= 0.3 is 11.4 Å². The third-order valence-electron chi connectivity index (χ3n) is 13.5. The Labute approximate surface area is 373 Å². The number of nitrogens with zero attached hydrogens (tertiary/aromatic N) is 7. The van der Waals surface area contributed by atoms with Crippen LogP contribution in [0.5, 0.6) is 17.2 Å². The molecule has 330 valence electrons. The molecule has 3 fully saturated rings. The predicted molar refractivity (Wildman–Crippen MR) is 236 cm³/mol. The van der Waals surface area contributed by atoms with Crippen LogP contribution >= 0.6 is 22.9 Å². The number of ether oxygens (including phenoxy) is 2. The largest absolute Gasteiger partial charge is 0.508 e. The Morgan fingerprint density at radius 2 is 1.56 bits per heavy atom. The van der Waals surface area contributed by atoms with Gasteiger partial charge in [-0.2, -0.15) is 5.10 Å². The smallest absolute Gasteiger partial charge is 0.301 e. The molecular formula is C44H40ClN7O11S. The molecule has 0 spiro atoms. The predicted octanol–water partition coefficient (Wildman–Crippen LogP) is 7.30. The van der Waals surface area contributed by atoms with Crippen molar-refractivity contribution in [2.75, 3.05) is 43.0 Å². The third-order valence-corrected chi connectivity index (χ3v) is 15.0. The van der Waals surface area contributed by atoms with Gasteiger partial charge in [0.1, 0.15) is 28.8 Å². The van der Waals surface area contributed by atoms with Crippen molar-refractivity contribution >= 4 is 85.2 Å². The van der Waals surface area contributed by atoms with Gasteiger partial charge in [-0.15, -0.1) is 11.3 Å². The van der Waals surface area contributed by atoms with E-state index in [2.05, 4.69) is 0 Å². The summed E-state index contributed by atoms with van der Waals surface area (Å²) >= 11 is 7.82. The van der Waals surface area contributed by atoms with Gasteiger partial charge in [-0.05, 0) is 61.8 Å². The number of allylic oxidation sites excluding steroid dienone is 2. The van der Waals surface area contributed by atoms with Gasteiger partial charge in [-0.1, -0.05) is 23.3 Å². The number of aromatic nitrogens is 2. The Kier molecular flexibility index (Phi) is 9.86. The van der Waals surface area contributed by atoms with Crippen molar-refractivity contribution < 1.29 is 43.6 Å². The Morgan fingerprint density at radius 3 is 2.16 bits per heavy atom. The molecule has 18 nitrogen and oxygen atoms in total. The topological polar surface area (TPSA) is 221 Å². The fourth-order valence-electron chi connectivity index (χ4n) is 10.7. The molecular weight excluding hydrogens is 870 g/mol. The molecule has 0 unspecified atom stereocenters. The van der Waals surface area contributed by atoms with Crippen molar-refractivity contribution in [1.29, 1.82) is 0 Å². The van der Waals surface area contributed by atoms with Crippen molar-refractivity contribution in [3.05, 3.63) is 96.6 Å². The lowest BCUT2D eigenvalue weighted by Gasteiger charge is -2.49. The minimum atomic E-state index is -1.56. The van der Waals surface area contributed by atoms with Crippen LogP contribution in [0.15, 0.2) is 60.2 Å². The van der Waals surface area contributed by atoms with Crippen LogP contribution < -0.4 is 24.2 Å². The van der Waals surface area contributed by atoms with Crippen molar-refractivity contribution in [2.45, 2.75) is 32.6 Å².